The highest BCUT2D eigenvalue weighted by atomic mass is 79.9. The van der Waals surface area contributed by atoms with Crippen LogP contribution in [-0.4, -0.2) is 75.8 Å². The SMILES string of the molecule is CC(C)(C)OC(=O)N1CC(Nc2nc(OCC34CCCN3CCC4)nc3c(F)c(Br)c(CC#N)cc23)C1. The maximum absolute atomic E-state index is 15.4. The van der Waals surface area contributed by atoms with Crippen molar-refractivity contribution in [2.45, 2.75) is 70.1 Å². The number of benzene rings is 1. The van der Waals surface area contributed by atoms with Crippen LogP contribution in [0.1, 0.15) is 52.0 Å². The van der Waals surface area contributed by atoms with Crippen LogP contribution in [0.2, 0.25) is 0 Å². The summed E-state index contributed by atoms with van der Waals surface area (Å²) in [5.41, 5.74) is 0.0733. The molecule has 3 aliphatic heterocycles. The number of aromatic nitrogens is 2. The van der Waals surface area contributed by atoms with Gasteiger partial charge in [0.05, 0.1) is 28.5 Å². The number of rotatable bonds is 6. The third kappa shape index (κ3) is 5.18. The highest BCUT2D eigenvalue weighted by Crippen LogP contribution is 2.39. The molecule has 0 saturated carbocycles. The molecule has 0 radical (unpaired) electrons. The molecule has 5 rings (SSSR count). The number of likely N-dealkylation sites (tertiary alicyclic amines) is 1. The third-order valence-electron chi connectivity index (χ3n) is 7.35. The van der Waals surface area contributed by atoms with Crippen LogP contribution < -0.4 is 10.1 Å². The predicted molar refractivity (Wildman–Crippen MR) is 140 cm³/mol. The number of carbonyl (C=O) groups is 1. The average molecular weight is 575 g/mol. The van der Waals surface area contributed by atoms with Gasteiger partial charge in [-0.1, -0.05) is 0 Å². The van der Waals surface area contributed by atoms with Gasteiger partial charge in [0.1, 0.15) is 23.5 Å². The lowest BCUT2D eigenvalue weighted by Crippen LogP contribution is -2.58. The van der Waals surface area contributed by atoms with Crippen molar-refractivity contribution in [1.29, 1.82) is 5.26 Å². The number of halogens is 2. The molecule has 1 N–H and O–H groups in total. The van der Waals surface area contributed by atoms with Gasteiger partial charge in [0.2, 0.25) is 0 Å². The zero-order valence-electron chi connectivity index (χ0n) is 21.4. The molecular weight excluding hydrogens is 543 g/mol. The van der Waals surface area contributed by atoms with E-state index in [1.54, 1.807) is 11.0 Å². The molecule has 37 heavy (non-hydrogen) atoms. The lowest BCUT2D eigenvalue weighted by atomic mass is 9.95. The fraction of sp³-hybridized carbons (Fsp3) is 0.615. The van der Waals surface area contributed by atoms with Gasteiger partial charge in [-0.05, 0) is 87.1 Å². The maximum atomic E-state index is 15.4. The van der Waals surface area contributed by atoms with Crippen molar-refractivity contribution < 1.29 is 18.7 Å². The van der Waals surface area contributed by atoms with Crippen LogP contribution in [0.5, 0.6) is 6.01 Å². The number of carbonyl (C=O) groups excluding carboxylic acids is 1. The van der Waals surface area contributed by atoms with E-state index in [0.717, 1.165) is 38.8 Å². The third-order valence-corrected chi connectivity index (χ3v) is 8.21. The number of nitrogens with one attached hydrogen (secondary N) is 1. The fourth-order valence-electron chi connectivity index (χ4n) is 5.52. The molecular formula is C26H32BrFN6O3. The van der Waals surface area contributed by atoms with Gasteiger partial charge in [-0.2, -0.15) is 15.2 Å². The van der Waals surface area contributed by atoms with Crippen molar-refractivity contribution in [3.63, 3.8) is 0 Å². The Morgan fingerprint density at radius 1 is 1.30 bits per heavy atom. The summed E-state index contributed by atoms with van der Waals surface area (Å²) >= 11 is 3.29. The number of ether oxygens (including phenoxy) is 2. The Morgan fingerprint density at radius 3 is 2.65 bits per heavy atom. The Bertz CT molecular complexity index is 1240. The maximum Gasteiger partial charge on any atom is 0.410 e. The zero-order valence-corrected chi connectivity index (χ0v) is 23.0. The molecule has 11 heteroatoms. The molecule has 4 heterocycles. The van der Waals surface area contributed by atoms with E-state index in [1.807, 2.05) is 20.8 Å². The van der Waals surface area contributed by atoms with Gasteiger partial charge in [-0.25, -0.2) is 9.18 Å². The van der Waals surface area contributed by atoms with Crippen molar-refractivity contribution in [2.24, 2.45) is 0 Å². The van der Waals surface area contributed by atoms with Gasteiger partial charge in [-0.3, -0.25) is 4.90 Å². The van der Waals surface area contributed by atoms with Crippen LogP contribution in [-0.2, 0) is 11.2 Å². The molecule has 0 aliphatic carbocycles. The first-order chi connectivity index (χ1) is 17.6. The number of hydrogen-bond acceptors (Lipinski definition) is 8. The highest BCUT2D eigenvalue weighted by molar-refractivity contribution is 9.10. The second-order valence-corrected chi connectivity index (χ2v) is 12.0. The van der Waals surface area contributed by atoms with E-state index in [-0.39, 0.29) is 40.1 Å². The van der Waals surface area contributed by atoms with Gasteiger partial charge >= 0.3 is 12.1 Å². The van der Waals surface area contributed by atoms with Crippen molar-refractivity contribution in [3.05, 3.63) is 21.9 Å². The Morgan fingerprint density at radius 2 is 2.00 bits per heavy atom. The van der Waals surface area contributed by atoms with Crippen molar-refractivity contribution in [2.75, 3.05) is 38.1 Å². The quantitative estimate of drug-likeness (QED) is 0.532. The van der Waals surface area contributed by atoms with Crippen LogP contribution in [0.4, 0.5) is 15.0 Å². The van der Waals surface area contributed by atoms with Gasteiger partial charge in [0.25, 0.3) is 0 Å². The number of fused-ring (bicyclic) bond motifs is 2. The molecule has 0 atom stereocenters. The molecule has 9 nitrogen and oxygen atoms in total. The fourth-order valence-corrected chi connectivity index (χ4v) is 5.96. The lowest BCUT2D eigenvalue weighted by molar-refractivity contribution is 0.0104. The summed E-state index contributed by atoms with van der Waals surface area (Å²) in [6, 6.07) is 3.83. The number of nitrogens with zero attached hydrogens (tertiary/aromatic N) is 5. The first-order valence-electron chi connectivity index (χ1n) is 12.8. The number of hydrogen-bond donors (Lipinski definition) is 1. The molecule has 2 aromatic rings. The smallest absolute Gasteiger partial charge is 0.410 e. The average Bonchev–Trinajstić information content (AvgIpc) is 3.37. The summed E-state index contributed by atoms with van der Waals surface area (Å²) in [7, 11) is 0. The van der Waals surface area contributed by atoms with E-state index in [0.29, 0.717) is 36.5 Å². The molecule has 0 bridgehead atoms. The van der Waals surface area contributed by atoms with E-state index in [4.69, 9.17) is 9.47 Å². The Labute approximate surface area is 224 Å². The topological polar surface area (TPSA) is 104 Å². The second kappa shape index (κ2) is 9.87. The molecule has 198 valence electrons. The number of anilines is 1. The highest BCUT2D eigenvalue weighted by Gasteiger charge is 2.45. The Kier molecular flexibility index (Phi) is 6.92. The van der Waals surface area contributed by atoms with Crippen LogP contribution in [0.3, 0.4) is 0 Å². The van der Waals surface area contributed by atoms with E-state index in [2.05, 4.69) is 42.2 Å². The number of amides is 1. The summed E-state index contributed by atoms with van der Waals surface area (Å²) < 4.78 is 27.2. The Hall–Kier alpha value is -2.71. The summed E-state index contributed by atoms with van der Waals surface area (Å²) in [6.07, 6.45) is 4.11. The van der Waals surface area contributed by atoms with Gasteiger partial charge in [-0.15, -0.1) is 0 Å². The van der Waals surface area contributed by atoms with E-state index < -0.39 is 11.4 Å². The molecule has 3 aliphatic rings. The van der Waals surface area contributed by atoms with E-state index >= 15 is 4.39 Å². The predicted octanol–water partition coefficient (Wildman–Crippen LogP) is 4.64. The minimum absolute atomic E-state index is 0.00355. The van der Waals surface area contributed by atoms with Crippen LogP contribution in [0.15, 0.2) is 10.5 Å². The van der Waals surface area contributed by atoms with Gasteiger partial charge in [0.15, 0.2) is 5.82 Å². The van der Waals surface area contributed by atoms with Crippen molar-refractivity contribution >= 4 is 38.7 Å². The molecule has 1 amide bonds. The second-order valence-electron chi connectivity index (χ2n) is 11.2. The molecule has 0 unspecified atom stereocenters. The van der Waals surface area contributed by atoms with E-state index in [9.17, 15) is 10.1 Å². The Balaban J connectivity index is 1.40. The minimum atomic E-state index is -0.569. The lowest BCUT2D eigenvalue weighted by Gasteiger charge is -2.40. The van der Waals surface area contributed by atoms with Crippen molar-refractivity contribution in [1.82, 2.24) is 19.8 Å². The molecule has 1 aromatic heterocycles. The van der Waals surface area contributed by atoms with Gasteiger partial charge < -0.3 is 19.7 Å². The normalized spacial score (nSPS) is 19.4. The molecule has 1 aromatic carbocycles. The molecule has 3 saturated heterocycles. The first-order valence-corrected chi connectivity index (χ1v) is 13.6. The molecule has 3 fully saturated rings. The molecule has 0 spiro atoms. The zero-order chi connectivity index (χ0) is 26.4. The summed E-state index contributed by atoms with van der Waals surface area (Å²) in [6.45, 7) is 8.96. The largest absolute Gasteiger partial charge is 0.461 e. The first kappa shape index (κ1) is 25.9. The monoisotopic (exact) mass is 574 g/mol. The summed E-state index contributed by atoms with van der Waals surface area (Å²) in [4.78, 5) is 25.5. The van der Waals surface area contributed by atoms with Gasteiger partial charge in [0, 0.05) is 18.5 Å². The van der Waals surface area contributed by atoms with Crippen LogP contribution in [0, 0.1) is 17.1 Å². The van der Waals surface area contributed by atoms with Crippen LogP contribution in [0.25, 0.3) is 10.9 Å². The van der Waals surface area contributed by atoms with Crippen molar-refractivity contribution in [3.8, 4) is 12.1 Å². The standard InChI is InChI=1S/C26H32BrFN6O3/c1-25(2,3)37-24(35)33-13-17(14-33)30-22-18-12-16(6-9-29)19(27)20(28)21(18)31-23(32-22)36-15-26-7-4-10-34(26)11-5-8-26/h12,17H,4-8,10-11,13-15H2,1-3H3,(H,30,31,32). The number of nitriles is 1. The summed E-state index contributed by atoms with van der Waals surface area (Å²) in [5.74, 6) is -0.129. The summed E-state index contributed by atoms with van der Waals surface area (Å²) in [5, 5.41) is 13.0. The van der Waals surface area contributed by atoms with E-state index in [1.165, 1.54) is 0 Å². The van der Waals surface area contributed by atoms with Crippen LogP contribution >= 0.6 is 15.9 Å². The minimum Gasteiger partial charge on any atom is -0.461 e.